The van der Waals surface area contributed by atoms with Gasteiger partial charge >= 0.3 is 0 Å². The van der Waals surface area contributed by atoms with Crippen LogP contribution in [0.25, 0.3) is 22.0 Å². The maximum atomic E-state index is 6.28. The number of anilines is 1. The van der Waals surface area contributed by atoms with E-state index >= 15 is 0 Å². The number of nitrogens with two attached hydrogens (primary N) is 1. The number of fused-ring (bicyclic) bond motifs is 1. The minimum Gasteiger partial charge on any atom is -0.398 e. The smallest absolute Gasteiger partial charge is 0.0722 e. The van der Waals surface area contributed by atoms with Gasteiger partial charge in [-0.25, -0.2) is 0 Å². The van der Waals surface area contributed by atoms with Crippen molar-refractivity contribution in [3.8, 4) is 11.3 Å². The van der Waals surface area contributed by atoms with Crippen LogP contribution < -0.4 is 5.73 Å². The van der Waals surface area contributed by atoms with Gasteiger partial charge in [0.1, 0.15) is 0 Å². The van der Waals surface area contributed by atoms with Crippen LogP contribution in [-0.4, -0.2) is 4.98 Å². The molecule has 0 aliphatic rings. The van der Waals surface area contributed by atoms with Gasteiger partial charge in [0.15, 0.2) is 0 Å². The lowest BCUT2D eigenvalue weighted by molar-refractivity contribution is 1.32. The molecule has 2 nitrogen and oxygen atoms in total. The standard InChI is InChI=1S/C16H14N2/c1-11-10-14(15-8-4-5-9-18-15)16(17)13-7-3-2-6-12(11)13/h2-10H,17H2,1H3. The number of rotatable bonds is 1. The lowest BCUT2D eigenvalue weighted by atomic mass is 9.97. The largest absolute Gasteiger partial charge is 0.398 e. The highest BCUT2D eigenvalue weighted by Crippen LogP contribution is 2.33. The van der Waals surface area contributed by atoms with Crippen molar-refractivity contribution in [1.29, 1.82) is 0 Å². The van der Waals surface area contributed by atoms with Crippen molar-refractivity contribution in [3.63, 3.8) is 0 Å². The number of nitrogen functional groups attached to an aromatic ring is 1. The maximum Gasteiger partial charge on any atom is 0.0722 e. The van der Waals surface area contributed by atoms with Gasteiger partial charge in [-0.15, -0.1) is 0 Å². The molecule has 0 bridgehead atoms. The number of aromatic nitrogens is 1. The third-order valence-electron chi connectivity index (χ3n) is 3.23. The Kier molecular flexibility index (Phi) is 2.49. The van der Waals surface area contributed by atoms with E-state index < -0.39 is 0 Å². The Bertz CT molecular complexity index is 703. The first-order valence-electron chi connectivity index (χ1n) is 5.96. The second-order valence-electron chi connectivity index (χ2n) is 4.42. The van der Waals surface area contributed by atoms with Gasteiger partial charge in [-0.2, -0.15) is 0 Å². The maximum absolute atomic E-state index is 6.28. The Morgan fingerprint density at radius 1 is 0.944 bits per heavy atom. The highest BCUT2D eigenvalue weighted by atomic mass is 14.7. The van der Waals surface area contributed by atoms with Crippen molar-refractivity contribution >= 4 is 16.5 Å². The Morgan fingerprint density at radius 3 is 2.39 bits per heavy atom. The molecule has 0 unspecified atom stereocenters. The van der Waals surface area contributed by atoms with Gasteiger partial charge in [0.2, 0.25) is 0 Å². The highest BCUT2D eigenvalue weighted by Gasteiger charge is 2.09. The van der Waals surface area contributed by atoms with E-state index in [1.807, 2.05) is 30.3 Å². The third kappa shape index (κ3) is 1.63. The second-order valence-corrected chi connectivity index (χ2v) is 4.42. The first kappa shape index (κ1) is 10.8. The predicted molar refractivity (Wildman–Crippen MR) is 76.3 cm³/mol. The average Bonchev–Trinajstić information content (AvgIpc) is 2.44. The summed E-state index contributed by atoms with van der Waals surface area (Å²) in [5, 5.41) is 2.30. The Hall–Kier alpha value is -2.35. The second kappa shape index (κ2) is 4.15. The summed E-state index contributed by atoms with van der Waals surface area (Å²) in [6, 6.07) is 16.2. The molecule has 2 aromatic carbocycles. The number of pyridine rings is 1. The summed E-state index contributed by atoms with van der Waals surface area (Å²) in [6.07, 6.45) is 1.79. The van der Waals surface area contributed by atoms with Crippen LogP contribution in [-0.2, 0) is 0 Å². The van der Waals surface area contributed by atoms with Crippen LogP contribution in [0.2, 0.25) is 0 Å². The van der Waals surface area contributed by atoms with Gasteiger partial charge in [0.25, 0.3) is 0 Å². The van der Waals surface area contributed by atoms with E-state index in [1.165, 1.54) is 10.9 Å². The summed E-state index contributed by atoms with van der Waals surface area (Å²) < 4.78 is 0. The third-order valence-corrected chi connectivity index (χ3v) is 3.23. The van der Waals surface area contributed by atoms with Crippen molar-refractivity contribution in [2.24, 2.45) is 0 Å². The molecule has 18 heavy (non-hydrogen) atoms. The first-order chi connectivity index (χ1) is 8.77. The van der Waals surface area contributed by atoms with Crippen LogP contribution in [0.3, 0.4) is 0 Å². The quantitative estimate of drug-likeness (QED) is 0.650. The zero-order chi connectivity index (χ0) is 12.5. The fraction of sp³-hybridized carbons (Fsp3) is 0.0625. The van der Waals surface area contributed by atoms with Crippen molar-refractivity contribution in [2.75, 3.05) is 5.73 Å². The Morgan fingerprint density at radius 2 is 1.67 bits per heavy atom. The Balaban J connectivity index is 2.35. The molecule has 0 spiro atoms. The predicted octanol–water partition coefficient (Wildman–Crippen LogP) is 3.79. The summed E-state index contributed by atoms with van der Waals surface area (Å²) >= 11 is 0. The van der Waals surface area contributed by atoms with Crippen molar-refractivity contribution < 1.29 is 0 Å². The molecular weight excluding hydrogens is 220 g/mol. The molecule has 3 aromatic rings. The highest BCUT2D eigenvalue weighted by molar-refractivity contribution is 6.01. The summed E-state index contributed by atoms with van der Waals surface area (Å²) in [6.45, 7) is 2.11. The van der Waals surface area contributed by atoms with Gasteiger partial charge in [0.05, 0.1) is 5.69 Å². The lowest BCUT2D eigenvalue weighted by Crippen LogP contribution is -1.95. The summed E-state index contributed by atoms with van der Waals surface area (Å²) in [7, 11) is 0. The van der Waals surface area contributed by atoms with E-state index in [2.05, 4.69) is 30.1 Å². The summed E-state index contributed by atoms with van der Waals surface area (Å²) in [5.74, 6) is 0. The van der Waals surface area contributed by atoms with Gasteiger partial charge in [-0.3, -0.25) is 4.98 Å². The topological polar surface area (TPSA) is 38.9 Å². The van der Waals surface area contributed by atoms with Crippen molar-refractivity contribution in [3.05, 3.63) is 60.3 Å². The van der Waals surface area contributed by atoms with Crippen LogP contribution in [0, 0.1) is 6.92 Å². The van der Waals surface area contributed by atoms with Crippen LogP contribution in [0.5, 0.6) is 0 Å². The van der Waals surface area contributed by atoms with Crippen molar-refractivity contribution in [2.45, 2.75) is 6.92 Å². The molecule has 0 saturated carbocycles. The molecule has 1 heterocycles. The number of aryl methyl sites for hydroxylation is 1. The molecular formula is C16H14N2. The van der Waals surface area contributed by atoms with E-state index in [4.69, 9.17) is 5.73 Å². The van der Waals surface area contributed by atoms with Crippen LogP contribution in [0.4, 0.5) is 5.69 Å². The van der Waals surface area contributed by atoms with Gasteiger partial charge in [0, 0.05) is 22.8 Å². The SMILES string of the molecule is Cc1cc(-c2ccccn2)c(N)c2ccccc12. The number of nitrogens with zero attached hydrogens (tertiary/aromatic N) is 1. The zero-order valence-corrected chi connectivity index (χ0v) is 10.2. The molecule has 0 amide bonds. The molecule has 0 fully saturated rings. The molecule has 2 heteroatoms. The lowest BCUT2D eigenvalue weighted by Gasteiger charge is -2.11. The summed E-state index contributed by atoms with van der Waals surface area (Å²) in [5.41, 5.74) is 10.2. The van der Waals surface area contributed by atoms with E-state index in [1.54, 1.807) is 6.20 Å². The molecule has 3 rings (SSSR count). The van der Waals surface area contributed by atoms with E-state index in [0.29, 0.717) is 0 Å². The number of hydrogen-bond donors (Lipinski definition) is 1. The molecule has 1 aromatic heterocycles. The van der Waals surface area contributed by atoms with Gasteiger partial charge in [-0.1, -0.05) is 30.3 Å². The molecule has 2 N–H and O–H groups in total. The van der Waals surface area contributed by atoms with Crippen molar-refractivity contribution in [1.82, 2.24) is 4.98 Å². The van der Waals surface area contributed by atoms with E-state index in [9.17, 15) is 0 Å². The monoisotopic (exact) mass is 234 g/mol. The molecule has 0 aliphatic carbocycles. The number of benzene rings is 2. The first-order valence-corrected chi connectivity index (χ1v) is 5.96. The average molecular weight is 234 g/mol. The fourth-order valence-corrected chi connectivity index (χ4v) is 2.31. The minimum atomic E-state index is 0.801. The van der Waals surface area contributed by atoms with Crippen LogP contribution in [0.1, 0.15) is 5.56 Å². The minimum absolute atomic E-state index is 0.801. The Labute approximate surface area is 106 Å². The fourth-order valence-electron chi connectivity index (χ4n) is 2.31. The van der Waals surface area contributed by atoms with Crippen LogP contribution in [0.15, 0.2) is 54.7 Å². The molecule has 0 radical (unpaired) electrons. The van der Waals surface area contributed by atoms with E-state index in [0.717, 1.165) is 22.3 Å². The molecule has 88 valence electrons. The molecule has 0 aliphatic heterocycles. The normalized spacial score (nSPS) is 10.7. The van der Waals surface area contributed by atoms with E-state index in [-0.39, 0.29) is 0 Å². The molecule has 0 atom stereocenters. The summed E-state index contributed by atoms with van der Waals surface area (Å²) in [4.78, 5) is 4.38. The molecule has 0 saturated heterocycles. The number of hydrogen-bond acceptors (Lipinski definition) is 2. The van der Waals surface area contributed by atoms with Gasteiger partial charge < -0.3 is 5.73 Å². The van der Waals surface area contributed by atoms with Crippen LogP contribution >= 0.6 is 0 Å². The zero-order valence-electron chi connectivity index (χ0n) is 10.2. The van der Waals surface area contributed by atoms with Gasteiger partial charge in [-0.05, 0) is 36.1 Å².